The van der Waals surface area contributed by atoms with Crippen LogP contribution < -0.4 is 5.73 Å². The van der Waals surface area contributed by atoms with Crippen LogP contribution in [0.25, 0.3) is 0 Å². The molecule has 0 aromatic rings. The fourth-order valence-corrected chi connectivity index (χ4v) is 3.55. The Hall–Kier alpha value is 0.610. The van der Waals surface area contributed by atoms with Gasteiger partial charge in [-0.3, -0.25) is 0 Å². The van der Waals surface area contributed by atoms with E-state index in [2.05, 4.69) is 91.8 Å². The molecule has 24 heavy (non-hydrogen) atoms. The van der Waals surface area contributed by atoms with E-state index in [9.17, 15) is 0 Å². The van der Waals surface area contributed by atoms with Crippen LogP contribution in [0.15, 0.2) is 0 Å². The lowest BCUT2D eigenvalue weighted by Gasteiger charge is -2.44. The topological polar surface area (TPSA) is 44.5 Å². The van der Waals surface area contributed by atoms with Gasteiger partial charge >= 0.3 is 0 Å². The van der Waals surface area contributed by atoms with Gasteiger partial charge in [-0.15, -0.1) is 0 Å². The van der Waals surface area contributed by atoms with Gasteiger partial charge in [0.05, 0.1) is 17.8 Å². The molecule has 0 rings (SSSR count). The molecule has 0 aliphatic heterocycles. The van der Waals surface area contributed by atoms with Crippen LogP contribution >= 0.6 is 22.6 Å². The smallest absolute Gasteiger partial charge is 0.0678 e. The molecule has 2 unspecified atom stereocenters. The standard InChI is InChI=1S/C20H42INO2/c1-11-18(5,6)23-13-12-17(3,4)20(9,10)24-14-16(15(2)21)19(7,8)22/h15-16H,11-14,22H2,1-10H3. The molecule has 0 radical (unpaired) electrons. The van der Waals surface area contributed by atoms with Crippen molar-refractivity contribution in [3.05, 3.63) is 0 Å². The van der Waals surface area contributed by atoms with Gasteiger partial charge < -0.3 is 15.2 Å². The van der Waals surface area contributed by atoms with Crippen molar-refractivity contribution in [2.45, 2.75) is 103 Å². The Labute approximate surface area is 165 Å². The van der Waals surface area contributed by atoms with Crippen molar-refractivity contribution in [2.24, 2.45) is 17.1 Å². The lowest BCUT2D eigenvalue weighted by Crippen LogP contribution is -2.50. The Kier molecular flexibility index (Phi) is 9.23. The first-order chi connectivity index (χ1) is 10.6. The van der Waals surface area contributed by atoms with Gasteiger partial charge in [-0.1, -0.05) is 50.3 Å². The first-order valence-electron chi connectivity index (χ1n) is 9.26. The molecule has 4 heteroatoms. The van der Waals surface area contributed by atoms with Crippen molar-refractivity contribution in [2.75, 3.05) is 13.2 Å². The molecular formula is C20H42INO2. The van der Waals surface area contributed by atoms with Crippen molar-refractivity contribution < 1.29 is 9.47 Å². The van der Waals surface area contributed by atoms with Gasteiger partial charge in [-0.05, 0) is 59.8 Å². The summed E-state index contributed by atoms with van der Waals surface area (Å²) in [7, 11) is 0. The normalized spacial score (nSPS) is 17.0. The van der Waals surface area contributed by atoms with Crippen molar-refractivity contribution in [3.8, 4) is 0 Å². The molecule has 0 amide bonds. The maximum Gasteiger partial charge on any atom is 0.0678 e. The second-order valence-electron chi connectivity index (χ2n) is 9.52. The van der Waals surface area contributed by atoms with E-state index in [4.69, 9.17) is 15.2 Å². The molecule has 0 aromatic heterocycles. The minimum absolute atomic E-state index is 0.0224. The van der Waals surface area contributed by atoms with Crippen molar-refractivity contribution in [3.63, 3.8) is 0 Å². The second kappa shape index (κ2) is 9.01. The number of halogens is 1. The van der Waals surface area contributed by atoms with Crippen LogP contribution in [0.1, 0.15) is 82.1 Å². The van der Waals surface area contributed by atoms with E-state index < -0.39 is 0 Å². The average Bonchev–Trinajstić information content (AvgIpc) is 2.35. The number of alkyl halides is 1. The van der Waals surface area contributed by atoms with Gasteiger partial charge in [-0.2, -0.15) is 0 Å². The first-order valence-corrected chi connectivity index (χ1v) is 10.5. The number of ether oxygens (including phenoxy) is 2. The molecule has 0 spiro atoms. The molecule has 2 atom stereocenters. The van der Waals surface area contributed by atoms with Gasteiger partial charge in [0.1, 0.15) is 0 Å². The average molecular weight is 455 g/mol. The fourth-order valence-electron chi connectivity index (χ4n) is 2.42. The third-order valence-electron chi connectivity index (χ3n) is 5.83. The predicted molar refractivity (Wildman–Crippen MR) is 114 cm³/mol. The number of hydrogen-bond acceptors (Lipinski definition) is 3. The van der Waals surface area contributed by atoms with Crippen LogP contribution in [0.3, 0.4) is 0 Å². The first kappa shape index (κ1) is 24.6. The Bertz CT molecular complexity index is 370. The van der Waals surface area contributed by atoms with Gasteiger partial charge in [0.25, 0.3) is 0 Å². The Balaban J connectivity index is 4.77. The highest BCUT2D eigenvalue weighted by atomic mass is 127. The largest absolute Gasteiger partial charge is 0.376 e. The Morgan fingerprint density at radius 3 is 1.83 bits per heavy atom. The summed E-state index contributed by atoms with van der Waals surface area (Å²) in [6, 6.07) is 0. The van der Waals surface area contributed by atoms with Crippen LogP contribution in [-0.2, 0) is 9.47 Å². The van der Waals surface area contributed by atoms with E-state index in [0.29, 0.717) is 16.4 Å². The molecule has 0 aromatic carbocycles. The molecular weight excluding hydrogens is 413 g/mol. The van der Waals surface area contributed by atoms with E-state index in [1.54, 1.807) is 0 Å². The summed E-state index contributed by atoms with van der Waals surface area (Å²) in [5.74, 6) is 0.323. The van der Waals surface area contributed by atoms with E-state index >= 15 is 0 Å². The molecule has 0 fully saturated rings. The van der Waals surface area contributed by atoms with E-state index in [1.807, 2.05) is 0 Å². The lowest BCUT2D eigenvalue weighted by molar-refractivity contribution is -0.128. The van der Waals surface area contributed by atoms with Gasteiger partial charge in [0, 0.05) is 22.0 Å². The summed E-state index contributed by atoms with van der Waals surface area (Å²) in [4.78, 5) is 0. The molecule has 0 aliphatic carbocycles. The highest BCUT2D eigenvalue weighted by molar-refractivity contribution is 14.1. The minimum Gasteiger partial charge on any atom is -0.376 e. The highest BCUT2D eigenvalue weighted by Crippen LogP contribution is 2.38. The summed E-state index contributed by atoms with van der Waals surface area (Å²) in [6.07, 6.45) is 1.99. The molecule has 2 N–H and O–H groups in total. The molecule has 0 bridgehead atoms. The Morgan fingerprint density at radius 2 is 1.46 bits per heavy atom. The zero-order valence-corrected chi connectivity index (χ0v) is 19.9. The zero-order valence-electron chi connectivity index (χ0n) is 17.8. The van der Waals surface area contributed by atoms with Crippen molar-refractivity contribution >= 4 is 22.6 Å². The number of hydrogen-bond donors (Lipinski definition) is 1. The summed E-state index contributed by atoms with van der Waals surface area (Å²) >= 11 is 2.46. The van der Waals surface area contributed by atoms with Gasteiger partial charge in [0.15, 0.2) is 0 Å². The highest BCUT2D eigenvalue weighted by Gasteiger charge is 2.40. The van der Waals surface area contributed by atoms with E-state index in [1.165, 1.54) is 0 Å². The van der Waals surface area contributed by atoms with Crippen LogP contribution in [-0.4, -0.2) is 33.9 Å². The predicted octanol–water partition coefficient (Wildman–Crippen LogP) is 5.58. The summed E-state index contributed by atoms with van der Waals surface area (Å²) in [5, 5.41) is 0. The molecule has 0 saturated carbocycles. The fraction of sp³-hybridized carbons (Fsp3) is 1.00. The maximum atomic E-state index is 6.41. The molecule has 0 saturated heterocycles. The zero-order chi connectivity index (χ0) is 19.4. The summed E-state index contributed by atoms with van der Waals surface area (Å²) < 4.78 is 12.9. The summed E-state index contributed by atoms with van der Waals surface area (Å²) in [5.41, 5.74) is 5.86. The van der Waals surface area contributed by atoms with E-state index in [-0.39, 0.29) is 22.2 Å². The van der Waals surface area contributed by atoms with Crippen LogP contribution in [0.2, 0.25) is 0 Å². The van der Waals surface area contributed by atoms with Crippen molar-refractivity contribution in [1.29, 1.82) is 0 Å². The molecule has 3 nitrogen and oxygen atoms in total. The summed E-state index contributed by atoms with van der Waals surface area (Å²) in [6.45, 7) is 23.2. The third-order valence-corrected chi connectivity index (χ3v) is 6.70. The SMILES string of the molecule is CCC(C)(C)OCCC(C)(C)C(C)(C)OCC(C(C)I)C(C)(C)N. The Morgan fingerprint density at radius 1 is 0.958 bits per heavy atom. The third kappa shape index (κ3) is 7.88. The van der Waals surface area contributed by atoms with Crippen LogP contribution in [0.5, 0.6) is 0 Å². The maximum absolute atomic E-state index is 6.41. The van der Waals surface area contributed by atoms with Crippen LogP contribution in [0, 0.1) is 11.3 Å². The van der Waals surface area contributed by atoms with Crippen LogP contribution in [0.4, 0.5) is 0 Å². The molecule has 0 aliphatic rings. The molecule has 146 valence electrons. The van der Waals surface area contributed by atoms with Crippen molar-refractivity contribution in [1.82, 2.24) is 0 Å². The number of nitrogens with two attached hydrogens (primary N) is 1. The quantitative estimate of drug-likeness (QED) is 0.327. The molecule has 0 heterocycles. The van der Waals surface area contributed by atoms with Gasteiger partial charge in [0.2, 0.25) is 0 Å². The lowest BCUT2D eigenvalue weighted by atomic mass is 9.74. The minimum atomic E-state index is -0.241. The monoisotopic (exact) mass is 455 g/mol. The van der Waals surface area contributed by atoms with Gasteiger partial charge in [-0.25, -0.2) is 0 Å². The number of rotatable bonds is 11. The second-order valence-corrected chi connectivity index (χ2v) is 11.5. The van der Waals surface area contributed by atoms with E-state index in [0.717, 1.165) is 19.4 Å².